The SMILES string of the molecule is CCc1cc(O)c2c(c1)[C@H]1CNC[C@@H]1NC2=O. The molecule has 4 heteroatoms. The summed E-state index contributed by atoms with van der Waals surface area (Å²) in [6, 6.07) is 3.93. The van der Waals surface area contributed by atoms with E-state index in [1.807, 2.05) is 0 Å². The van der Waals surface area contributed by atoms with Gasteiger partial charge in [0.2, 0.25) is 0 Å². The van der Waals surface area contributed by atoms with Gasteiger partial charge in [-0.1, -0.05) is 13.0 Å². The van der Waals surface area contributed by atoms with Crippen LogP contribution in [0.5, 0.6) is 5.75 Å². The number of amides is 1. The lowest BCUT2D eigenvalue weighted by molar-refractivity contribution is 0.0921. The first-order valence-electron chi connectivity index (χ1n) is 6.08. The molecule has 0 unspecified atom stereocenters. The van der Waals surface area contributed by atoms with Gasteiger partial charge in [-0.15, -0.1) is 0 Å². The monoisotopic (exact) mass is 232 g/mol. The molecule has 3 N–H and O–H groups in total. The molecule has 2 atom stereocenters. The Kier molecular flexibility index (Phi) is 2.33. The van der Waals surface area contributed by atoms with Crippen LogP contribution in [0.15, 0.2) is 12.1 Å². The lowest BCUT2D eigenvalue weighted by Gasteiger charge is -2.29. The molecular weight excluding hydrogens is 216 g/mol. The molecule has 1 amide bonds. The van der Waals surface area contributed by atoms with Crippen molar-refractivity contribution in [3.8, 4) is 5.75 Å². The second-order valence-electron chi connectivity index (χ2n) is 4.78. The molecule has 0 aromatic heterocycles. The van der Waals surface area contributed by atoms with Gasteiger partial charge in [0.05, 0.1) is 5.56 Å². The topological polar surface area (TPSA) is 61.4 Å². The Morgan fingerprint density at radius 1 is 1.41 bits per heavy atom. The van der Waals surface area contributed by atoms with Crippen LogP contribution in [0, 0.1) is 0 Å². The predicted octanol–water partition coefficient (Wildman–Crippen LogP) is 0.753. The van der Waals surface area contributed by atoms with E-state index in [0.717, 1.165) is 30.6 Å². The van der Waals surface area contributed by atoms with Gasteiger partial charge in [0, 0.05) is 25.0 Å². The van der Waals surface area contributed by atoms with Crippen molar-refractivity contribution in [3.05, 3.63) is 28.8 Å². The van der Waals surface area contributed by atoms with Crippen molar-refractivity contribution >= 4 is 5.91 Å². The summed E-state index contributed by atoms with van der Waals surface area (Å²) >= 11 is 0. The molecule has 17 heavy (non-hydrogen) atoms. The molecule has 3 rings (SSSR count). The summed E-state index contributed by atoms with van der Waals surface area (Å²) in [6.07, 6.45) is 0.868. The van der Waals surface area contributed by atoms with Gasteiger partial charge in [-0.2, -0.15) is 0 Å². The molecular formula is C13H16N2O2. The number of carbonyl (C=O) groups is 1. The van der Waals surface area contributed by atoms with E-state index in [4.69, 9.17) is 0 Å². The lowest BCUT2D eigenvalue weighted by Crippen LogP contribution is -2.44. The van der Waals surface area contributed by atoms with Gasteiger partial charge < -0.3 is 15.7 Å². The highest BCUT2D eigenvalue weighted by Gasteiger charge is 2.38. The molecule has 2 heterocycles. The second-order valence-corrected chi connectivity index (χ2v) is 4.78. The van der Waals surface area contributed by atoms with Gasteiger partial charge in [-0.3, -0.25) is 4.79 Å². The van der Waals surface area contributed by atoms with E-state index in [-0.39, 0.29) is 17.7 Å². The Bertz CT molecular complexity index is 485. The highest BCUT2D eigenvalue weighted by Crippen LogP contribution is 2.35. The van der Waals surface area contributed by atoms with Crippen LogP contribution in [0.2, 0.25) is 0 Å². The van der Waals surface area contributed by atoms with Crippen molar-refractivity contribution in [3.63, 3.8) is 0 Å². The van der Waals surface area contributed by atoms with Gasteiger partial charge in [0.1, 0.15) is 5.75 Å². The summed E-state index contributed by atoms with van der Waals surface area (Å²) in [5.41, 5.74) is 2.55. The maximum Gasteiger partial charge on any atom is 0.255 e. The van der Waals surface area contributed by atoms with E-state index in [1.165, 1.54) is 0 Å². The zero-order chi connectivity index (χ0) is 12.0. The minimum Gasteiger partial charge on any atom is -0.507 e. The standard InChI is InChI=1S/C13H16N2O2/c1-2-7-3-8-9-5-14-6-10(9)15-13(17)12(8)11(16)4-7/h3-4,9-10,14,16H,2,5-6H2,1H3,(H,15,17)/t9-,10+/m1/s1. The molecule has 1 aromatic carbocycles. The van der Waals surface area contributed by atoms with Gasteiger partial charge in [0.25, 0.3) is 5.91 Å². The molecule has 0 spiro atoms. The fourth-order valence-corrected chi connectivity index (χ4v) is 2.85. The summed E-state index contributed by atoms with van der Waals surface area (Å²) in [7, 11) is 0. The maximum atomic E-state index is 11.9. The van der Waals surface area contributed by atoms with E-state index in [2.05, 4.69) is 23.6 Å². The van der Waals surface area contributed by atoms with Crippen molar-refractivity contribution in [1.82, 2.24) is 10.6 Å². The lowest BCUT2D eigenvalue weighted by atomic mass is 9.84. The number of hydrogen-bond donors (Lipinski definition) is 3. The van der Waals surface area contributed by atoms with Crippen LogP contribution < -0.4 is 10.6 Å². The first kappa shape index (κ1) is 10.6. The molecule has 1 aromatic rings. The number of aryl methyl sites for hydroxylation is 1. The molecule has 0 aliphatic carbocycles. The summed E-state index contributed by atoms with van der Waals surface area (Å²) < 4.78 is 0. The van der Waals surface area contributed by atoms with Crippen molar-refractivity contribution in [1.29, 1.82) is 0 Å². The summed E-state index contributed by atoms with van der Waals surface area (Å²) in [4.78, 5) is 11.9. The molecule has 0 bridgehead atoms. The number of carbonyl (C=O) groups excluding carboxylic acids is 1. The average Bonchev–Trinajstić information content (AvgIpc) is 2.76. The fourth-order valence-electron chi connectivity index (χ4n) is 2.85. The van der Waals surface area contributed by atoms with Gasteiger partial charge in [-0.25, -0.2) is 0 Å². The molecule has 1 fully saturated rings. The number of aromatic hydroxyl groups is 1. The van der Waals surface area contributed by atoms with Gasteiger partial charge in [0.15, 0.2) is 0 Å². The molecule has 4 nitrogen and oxygen atoms in total. The first-order valence-corrected chi connectivity index (χ1v) is 6.08. The Hall–Kier alpha value is -1.55. The number of phenols is 1. The van der Waals surface area contributed by atoms with E-state index < -0.39 is 0 Å². The smallest absolute Gasteiger partial charge is 0.255 e. The summed E-state index contributed by atoms with van der Waals surface area (Å²) in [5, 5.41) is 16.2. The molecule has 1 saturated heterocycles. The minimum atomic E-state index is -0.148. The zero-order valence-electron chi connectivity index (χ0n) is 9.79. The second kappa shape index (κ2) is 3.74. The number of hydrogen-bond acceptors (Lipinski definition) is 3. The maximum absolute atomic E-state index is 11.9. The average molecular weight is 232 g/mol. The van der Waals surface area contributed by atoms with Crippen LogP contribution in [0.25, 0.3) is 0 Å². The van der Waals surface area contributed by atoms with Crippen molar-refractivity contribution in [2.45, 2.75) is 25.3 Å². The van der Waals surface area contributed by atoms with Crippen molar-refractivity contribution in [2.24, 2.45) is 0 Å². The number of nitrogens with one attached hydrogen (secondary N) is 2. The Labute approximate surface area is 100 Å². The third-order valence-corrected chi connectivity index (χ3v) is 3.77. The van der Waals surface area contributed by atoms with Crippen LogP contribution >= 0.6 is 0 Å². The van der Waals surface area contributed by atoms with E-state index in [1.54, 1.807) is 6.07 Å². The van der Waals surface area contributed by atoms with E-state index >= 15 is 0 Å². The van der Waals surface area contributed by atoms with Crippen LogP contribution in [-0.2, 0) is 6.42 Å². The molecule has 90 valence electrons. The van der Waals surface area contributed by atoms with E-state index in [9.17, 15) is 9.90 Å². The normalized spacial score (nSPS) is 26.3. The zero-order valence-corrected chi connectivity index (χ0v) is 9.79. The molecule has 2 aliphatic rings. The fraction of sp³-hybridized carbons (Fsp3) is 0.462. The highest BCUT2D eigenvalue weighted by molar-refractivity contribution is 6.00. The van der Waals surface area contributed by atoms with Crippen LogP contribution in [0.1, 0.15) is 34.3 Å². The quantitative estimate of drug-likeness (QED) is 0.669. The van der Waals surface area contributed by atoms with Gasteiger partial charge >= 0.3 is 0 Å². The largest absolute Gasteiger partial charge is 0.507 e. The van der Waals surface area contributed by atoms with Crippen LogP contribution in [0.3, 0.4) is 0 Å². The Balaban J connectivity index is 2.17. The molecule has 2 aliphatic heterocycles. The van der Waals surface area contributed by atoms with Crippen molar-refractivity contribution in [2.75, 3.05) is 13.1 Å². The van der Waals surface area contributed by atoms with Crippen LogP contribution in [-0.4, -0.2) is 30.1 Å². The highest BCUT2D eigenvalue weighted by atomic mass is 16.3. The molecule has 0 saturated carbocycles. The van der Waals surface area contributed by atoms with Crippen LogP contribution in [0.4, 0.5) is 0 Å². The molecule has 0 radical (unpaired) electrons. The Morgan fingerprint density at radius 2 is 2.24 bits per heavy atom. The van der Waals surface area contributed by atoms with E-state index in [0.29, 0.717) is 11.5 Å². The predicted molar refractivity (Wildman–Crippen MR) is 64.3 cm³/mol. The summed E-state index contributed by atoms with van der Waals surface area (Å²) in [5.74, 6) is 0.257. The first-order chi connectivity index (χ1) is 8.20. The number of benzene rings is 1. The third kappa shape index (κ3) is 1.52. The Morgan fingerprint density at radius 3 is 3.00 bits per heavy atom. The van der Waals surface area contributed by atoms with Gasteiger partial charge in [-0.05, 0) is 23.6 Å². The minimum absolute atomic E-state index is 0.113. The number of phenolic OH excluding ortho intramolecular Hbond substituents is 1. The number of fused-ring (bicyclic) bond motifs is 3. The van der Waals surface area contributed by atoms with Crippen molar-refractivity contribution < 1.29 is 9.90 Å². The third-order valence-electron chi connectivity index (χ3n) is 3.77. The number of rotatable bonds is 1. The summed E-state index contributed by atoms with van der Waals surface area (Å²) in [6.45, 7) is 3.73.